The molecule has 1 aliphatic rings. The summed E-state index contributed by atoms with van der Waals surface area (Å²) in [6.07, 6.45) is 5.34. The first kappa shape index (κ1) is 22.0. The van der Waals surface area contributed by atoms with E-state index in [-0.39, 0.29) is 30.1 Å². The number of rotatable bonds is 5. The zero-order valence-corrected chi connectivity index (χ0v) is 18.0. The number of aliphatic hydroxyl groups is 1. The monoisotopic (exact) mass is 462 g/mol. The Bertz CT molecular complexity index is 572. The van der Waals surface area contributed by atoms with E-state index in [9.17, 15) is 5.11 Å². The molecule has 1 heterocycles. The minimum Gasteiger partial charge on any atom is -0.496 e. The van der Waals surface area contributed by atoms with Gasteiger partial charge in [-0.3, -0.25) is 4.98 Å². The van der Waals surface area contributed by atoms with Gasteiger partial charge in [0.1, 0.15) is 5.75 Å². The van der Waals surface area contributed by atoms with Gasteiger partial charge in [-0.2, -0.15) is 0 Å². The maximum Gasteiger partial charge on any atom is 0.191 e. The van der Waals surface area contributed by atoms with Crippen LogP contribution in [0, 0.1) is 13.8 Å². The van der Waals surface area contributed by atoms with E-state index in [4.69, 9.17) is 4.74 Å². The van der Waals surface area contributed by atoms with Crippen LogP contribution in [0.1, 0.15) is 49.4 Å². The number of aromatic nitrogens is 1. The quantitative estimate of drug-likeness (QED) is 0.356. The number of nitrogens with one attached hydrogen (secondary N) is 2. The molecule has 0 atom stereocenters. The van der Waals surface area contributed by atoms with Crippen LogP contribution in [0.25, 0.3) is 0 Å². The summed E-state index contributed by atoms with van der Waals surface area (Å²) in [5.74, 6) is 1.69. The molecule has 0 aliphatic heterocycles. The number of ether oxygens (including phenoxy) is 1. The normalized spacial score (nSPS) is 20.6. The van der Waals surface area contributed by atoms with Gasteiger partial charge >= 0.3 is 0 Å². The number of halogens is 1. The largest absolute Gasteiger partial charge is 0.496 e. The van der Waals surface area contributed by atoms with E-state index < -0.39 is 0 Å². The molecule has 6 nitrogen and oxygen atoms in total. The Labute approximate surface area is 167 Å². The second-order valence-electron chi connectivity index (χ2n) is 6.39. The highest BCUT2D eigenvalue weighted by Crippen LogP contribution is 2.24. The van der Waals surface area contributed by atoms with Crippen LogP contribution in [0.2, 0.25) is 0 Å². The van der Waals surface area contributed by atoms with Gasteiger partial charge in [0.25, 0.3) is 0 Å². The molecule has 1 aliphatic carbocycles. The van der Waals surface area contributed by atoms with Gasteiger partial charge in [-0.1, -0.05) is 0 Å². The molecule has 0 bridgehead atoms. The van der Waals surface area contributed by atoms with Crippen molar-refractivity contribution in [1.29, 1.82) is 0 Å². The molecule has 0 spiro atoms. The summed E-state index contributed by atoms with van der Waals surface area (Å²) >= 11 is 0. The molecule has 0 aromatic carbocycles. The van der Waals surface area contributed by atoms with Gasteiger partial charge in [0, 0.05) is 29.9 Å². The van der Waals surface area contributed by atoms with Crippen LogP contribution >= 0.6 is 24.0 Å². The summed E-state index contributed by atoms with van der Waals surface area (Å²) in [4.78, 5) is 9.18. The summed E-state index contributed by atoms with van der Waals surface area (Å²) < 4.78 is 5.46. The zero-order valence-electron chi connectivity index (χ0n) is 15.6. The van der Waals surface area contributed by atoms with Crippen LogP contribution in [-0.4, -0.2) is 41.9 Å². The Morgan fingerprint density at radius 1 is 1.32 bits per heavy atom. The molecular weight excluding hydrogens is 431 g/mol. The summed E-state index contributed by atoms with van der Waals surface area (Å²) in [6, 6.07) is 0.368. The highest BCUT2D eigenvalue weighted by Gasteiger charge is 2.20. The Balaban J connectivity index is 0.00000312. The van der Waals surface area contributed by atoms with Crippen LogP contribution in [0.15, 0.2) is 11.2 Å². The van der Waals surface area contributed by atoms with Crippen molar-refractivity contribution in [2.45, 2.75) is 65.1 Å². The second-order valence-corrected chi connectivity index (χ2v) is 6.39. The third-order valence-corrected chi connectivity index (χ3v) is 4.52. The molecule has 142 valence electrons. The van der Waals surface area contributed by atoms with Crippen molar-refractivity contribution in [1.82, 2.24) is 15.6 Å². The number of nitrogens with zero attached hydrogens (tertiary/aromatic N) is 2. The van der Waals surface area contributed by atoms with Gasteiger partial charge in [-0.25, -0.2) is 4.99 Å². The number of aliphatic imine (C=N–C) groups is 1. The summed E-state index contributed by atoms with van der Waals surface area (Å²) in [5.41, 5.74) is 3.00. The standard InChI is InChI=1S/C18H30N4O2.HI/c1-5-19-18(22-14-6-8-15(23)9-7-14)21-11-16-13(3)17(24-4)12(2)10-20-16;/h10,14-15,23H,5-9,11H2,1-4H3,(H2,19,21,22);1H. The molecule has 0 radical (unpaired) electrons. The molecular formula is C18H31IN4O2. The number of aryl methyl sites for hydroxylation is 1. The number of guanidine groups is 1. The number of methoxy groups -OCH3 is 1. The van der Waals surface area contributed by atoms with E-state index in [1.165, 1.54) is 0 Å². The first-order valence-corrected chi connectivity index (χ1v) is 8.77. The fourth-order valence-corrected chi connectivity index (χ4v) is 3.12. The first-order chi connectivity index (χ1) is 11.5. The number of pyridine rings is 1. The predicted molar refractivity (Wildman–Crippen MR) is 112 cm³/mol. The Kier molecular flexibility index (Phi) is 9.48. The van der Waals surface area contributed by atoms with Crippen LogP contribution in [0.5, 0.6) is 5.75 Å². The Morgan fingerprint density at radius 3 is 2.60 bits per heavy atom. The zero-order chi connectivity index (χ0) is 17.5. The first-order valence-electron chi connectivity index (χ1n) is 8.77. The van der Waals surface area contributed by atoms with Crippen molar-refractivity contribution < 1.29 is 9.84 Å². The van der Waals surface area contributed by atoms with E-state index in [0.29, 0.717) is 12.6 Å². The average Bonchev–Trinajstić information content (AvgIpc) is 2.56. The molecule has 25 heavy (non-hydrogen) atoms. The van der Waals surface area contributed by atoms with E-state index in [2.05, 4.69) is 27.5 Å². The highest BCUT2D eigenvalue weighted by atomic mass is 127. The molecule has 1 fully saturated rings. The van der Waals surface area contributed by atoms with Crippen molar-refractivity contribution in [3.8, 4) is 5.75 Å². The molecule has 1 saturated carbocycles. The van der Waals surface area contributed by atoms with Crippen LogP contribution in [-0.2, 0) is 6.54 Å². The topological polar surface area (TPSA) is 78.8 Å². The maximum absolute atomic E-state index is 9.63. The highest BCUT2D eigenvalue weighted by molar-refractivity contribution is 14.0. The van der Waals surface area contributed by atoms with E-state index >= 15 is 0 Å². The average molecular weight is 462 g/mol. The van der Waals surface area contributed by atoms with Crippen molar-refractivity contribution in [2.75, 3.05) is 13.7 Å². The lowest BCUT2D eigenvalue weighted by atomic mass is 9.93. The van der Waals surface area contributed by atoms with Crippen molar-refractivity contribution >= 4 is 29.9 Å². The van der Waals surface area contributed by atoms with Crippen LogP contribution in [0.4, 0.5) is 0 Å². The third kappa shape index (κ3) is 6.29. The van der Waals surface area contributed by atoms with E-state index in [0.717, 1.165) is 60.8 Å². The number of hydrogen-bond donors (Lipinski definition) is 3. The minimum absolute atomic E-state index is 0. The fourth-order valence-electron chi connectivity index (χ4n) is 3.12. The van der Waals surface area contributed by atoms with Gasteiger partial charge in [0.15, 0.2) is 5.96 Å². The Morgan fingerprint density at radius 2 is 2.00 bits per heavy atom. The maximum atomic E-state index is 9.63. The third-order valence-electron chi connectivity index (χ3n) is 4.52. The smallest absolute Gasteiger partial charge is 0.191 e. The van der Waals surface area contributed by atoms with Crippen LogP contribution < -0.4 is 15.4 Å². The second kappa shape index (κ2) is 10.8. The fraction of sp³-hybridized carbons (Fsp3) is 0.667. The van der Waals surface area contributed by atoms with Gasteiger partial charge in [0.05, 0.1) is 25.5 Å². The molecule has 0 saturated heterocycles. The predicted octanol–water partition coefficient (Wildman–Crippen LogP) is 2.68. The van der Waals surface area contributed by atoms with Crippen molar-refractivity contribution in [2.24, 2.45) is 4.99 Å². The lowest BCUT2D eigenvalue weighted by molar-refractivity contribution is 0.120. The Hall–Kier alpha value is -1.09. The molecule has 2 rings (SSSR count). The molecule has 0 unspecified atom stereocenters. The number of hydrogen-bond acceptors (Lipinski definition) is 4. The van der Waals surface area contributed by atoms with E-state index in [1.807, 2.05) is 20.0 Å². The van der Waals surface area contributed by atoms with Gasteiger partial charge < -0.3 is 20.5 Å². The van der Waals surface area contributed by atoms with Crippen molar-refractivity contribution in [3.63, 3.8) is 0 Å². The van der Waals surface area contributed by atoms with Gasteiger partial charge in [-0.15, -0.1) is 24.0 Å². The number of aliphatic hydroxyl groups excluding tert-OH is 1. The molecule has 1 aromatic heterocycles. The lowest BCUT2D eigenvalue weighted by Gasteiger charge is -2.27. The van der Waals surface area contributed by atoms with Gasteiger partial charge in [0.2, 0.25) is 0 Å². The molecule has 0 amide bonds. The lowest BCUT2D eigenvalue weighted by Crippen LogP contribution is -2.45. The summed E-state index contributed by atoms with van der Waals surface area (Å²) in [7, 11) is 1.69. The van der Waals surface area contributed by atoms with Gasteiger partial charge in [-0.05, 0) is 46.5 Å². The van der Waals surface area contributed by atoms with Crippen LogP contribution in [0.3, 0.4) is 0 Å². The minimum atomic E-state index is -0.144. The van der Waals surface area contributed by atoms with E-state index in [1.54, 1.807) is 7.11 Å². The molecule has 1 aromatic rings. The molecule has 3 N–H and O–H groups in total. The SMILES string of the molecule is CCNC(=NCc1ncc(C)c(OC)c1C)NC1CCC(O)CC1.I. The van der Waals surface area contributed by atoms with Crippen molar-refractivity contribution in [3.05, 3.63) is 23.0 Å². The summed E-state index contributed by atoms with van der Waals surface area (Å²) in [6.45, 7) is 7.39. The summed E-state index contributed by atoms with van der Waals surface area (Å²) in [5, 5.41) is 16.4. The molecule has 7 heteroatoms.